The van der Waals surface area contributed by atoms with Gasteiger partial charge in [-0.3, -0.25) is 9.10 Å². The van der Waals surface area contributed by atoms with Gasteiger partial charge in [-0.1, -0.05) is 48.0 Å². The number of rotatable bonds is 5. The van der Waals surface area contributed by atoms with Crippen molar-refractivity contribution < 1.29 is 13.2 Å². The molecule has 0 saturated carbocycles. The Balaban J connectivity index is 1.58. The Morgan fingerprint density at radius 1 is 1.03 bits per heavy atom. The first kappa shape index (κ1) is 21.4. The minimum Gasteiger partial charge on any atom is -0.345 e. The summed E-state index contributed by atoms with van der Waals surface area (Å²) in [7, 11) is -2.39. The van der Waals surface area contributed by atoms with E-state index in [-0.39, 0.29) is 16.8 Å². The molecule has 0 saturated heterocycles. The highest BCUT2D eigenvalue weighted by molar-refractivity contribution is 7.92. The van der Waals surface area contributed by atoms with Crippen LogP contribution < -0.4 is 9.62 Å². The quantitative estimate of drug-likeness (QED) is 0.591. The molecule has 1 N–H and O–H groups in total. The van der Waals surface area contributed by atoms with Crippen LogP contribution in [0.15, 0.2) is 77.7 Å². The van der Waals surface area contributed by atoms with Crippen molar-refractivity contribution in [3.8, 4) is 0 Å². The number of sulfonamides is 1. The molecule has 0 unspecified atom stereocenters. The molecule has 4 rings (SSSR count). The second-order valence-corrected chi connectivity index (χ2v) is 10.0. The normalized spacial score (nSPS) is 15.7. The Labute approximate surface area is 187 Å². The predicted molar refractivity (Wildman–Crippen MR) is 123 cm³/mol. The summed E-state index contributed by atoms with van der Waals surface area (Å²) in [5.41, 5.74) is 3.13. The first-order chi connectivity index (χ1) is 14.9. The van der Waals surface area contributed by atoms with Crippen LogP contribution in [0.3, 0.4) is 0 Å². The van der Waals surface area contributed by atoms with Gasteiger partial charge in [-0.2, -0.15) is 0 Å². The SMILES string of the molecule is CN(c1cccc(Cl)c1)S(=O)(=O)c1cccc(C(=O)N[C@@H]2CCCc3ccccc32)c1. The van der Waals surface area contributed by atoms with Gasteiger partial charge < -0.3 is 5.32 Å². The highest BCUT2D eigenvalue weighted by atomic mass is 35.5. The number of carbonyl (C=O) groups excluding carboxylic acids is 1. The smallest absolute Gasteiger partial charge is 0.264 e. The van der Waals surface area contributed by atoms with Crippen molar-refractivity contribution in [3.05, 3.63) is 94.5 Å². The maximum Gasteiger partial charge on any atom is 0.264 e. The van der Waals surface area contributed by atoms with E-state index >= 15 is 0 Å². The molecule has 0 spiro atoms. The third-order valence-corrected chi connectivity index (χ3v) is 7.62. The van der Waals surface area contributed by atoms with E-state index in [9.17, 15) is 13.2 Å². The third-order valence-electron chi connectivity index (χ3n) is 5.60. The van der Waals surface area contributed by atoms with Crippen LogP contribution in [0.5, 0.6) is 0 Å². The second-order valence-electron chi connectivity index (χ2n) is 7.60. The number of nitrogens with one attached hydrogen (secondary N) is 1. The summed E-state index contributed by atoms with van der Waals surface area (Å²) in [6.45, 7) is 0. The molecule has 0 heterocycles. The lowest BCUT2D eigenvalue weighted by Crippen LogP contribution is -2.31. The van der Waals surface area contributed by atoms with Crippen LogP contribution in [0.4, 0.5) is 5.69 Å². The van der Waals surface area contributed by atoms with Crippen LogP contribution in [-0.2, 0) is 16.4 Å². The van der Waals surface area contributed by atoms with E-state index in [4.69, 9.17) is 11.6 Å². The summed E-state index contributed by atoms with van der Waals surface area (Å²) in [5.74, 6) is -0.288. The van der Waals surface area contributed by atoms with Crippen molar-refractivity contribution in [2.24, 2.45) is 0 Å². The molecule has 0 radical (unpaired) electrons. The van der Waals surface area contributed by atoms with Gasteiger partial charge in [0.1, 0.15) is 0 Å². The molecule has 1 amide bonds. The number of benzene rings is 3. The maximum absolute atomic E-state index is 13.1. The van der Waals surface area contributed by atoms with Crippen LogP contribution in [-0.4, -0.2) is 21.4 Å². The molecule has 1 aliphatic rings. The zero-order chi connectivity index (χ0) is 22.0. The summed E-state index contributed by atoms with van der Waals surface area (Å²) in [6.07, 6.45) is 2.87. The molecule has 0 aromatic heterocycles. The standard InChI is InChI=1S/C24H23ClN2O3S/c1-27(20-11-6-10-19(25)16-20)31(29,30)21-12-4-9-18(15-21)24(28)26-23-14-5-8-17-7-2-3-13-22(17)23/h2-4,6-7,9-13,15-16,23H,5,8,14H2,1H3,(H,26,28)/t23-/m1/s1. The lowest BCUT2D eigenvalue weighted by atomic mass is 9.87. The Hall–Kier alpha value is -2.83. The van der Waals surface area contributed by atoms with Crippen molar-refractivity contribution >= 4 is 33.2 Å². The summed E-state index contributed by atoms with van der Waals surface area (Å²) in [6, 6.07) is 20.8. The predicted octanol–water partition coefficient (Wildman–Crippen LogP) is 4.97. The monoisotopic (exact) mass is 454 g/mol. The van der Waals surface area contributed by atoms with Crippen molar-refractivity contribution in [2.75, 3.05) is 11.4 Å². The maximum atomic E-state index is 13.1. The summed E-state index contributed by atoms with van der Waals surface area (Å²) >= 11 is 6.01. The molecule has 1 aliphatic carbocycles. The number of aryl methyl sites for hydroxylation is 1. The number of anilines is 1. The van der Waals surface area contributed by atoms with Gasteiger partial charge in [-0.15, -0.1) is 0 Å². The average molecular weight is 455 g/mol. The Kier molecular flexibility index (Phi) is 6.03. The van der Waals surface area contributed by atoms with Crippen LogP contribution in [0.2, 0.25) is 5.02 Å². The van der Waals surface area contributed by atoms with Gasteiger partial charge in [0.15, 0.2) is 0 Å². The van der Waals surface area contributed by atoms with Gasteiger partial charge in [-0.05, 0) is 66.8 Å². The van der Waals surface area contributed by atoms with Crippen LogP contribution >= 0.6 is 11.6 Å². The molecule has 160 valence electrons. The number of hydrogen-bond acceptors (Lipinski definition) is 3. The van der Waals surface area contributed by atoms with Crippen LogP contribution in [0, 0.1) is 0 Å². The zero-order valence-electron chi connectivity index (χ0n) is 17.1. The molecule has 7 heteroatoms. The van der Waals surface area contributed by atoms with Gasteiger partial charge in [0.25, 0.3) is 15.9 Å². The van der Waals surface area contributed by atoms with Gasteiger partial charge in [0, 0.05) is 17.6 Å². The van der Waals surface area contributed by atoms with E-state index in [1.807, 2.05) is 18.2 Å². The van der Waals surface area contributed by atoms with Crippen LogP contribution in [0.25, 0.3) is 0 Å². The fourth-order valence-electron chi connectivity index (χ4n) is 3.91. The van der Waals surface area contributed by atoms with Gasteiger partial charge in [0.2, 0.25) is 0 Å². The Bertz CT molecular complexity index is 1230. The van der Waals surface area contributed by atoms with Gasteiger partial charge >= 0.3 is 0 Å². The Morgan fingerprint density at radius 3 is 2.61 bits per heavy atom. The molecule has 0 fully saturated rings. The molecule has 1 atom stereocenters. The van der Waals surface area contributed by atoms with E-state index in [1.165, 1.54) is 24.7 Å². The number of amides is 1. The number of nitrogens with zero attached hydrogens (tertiary/aromatic N) is 1. The van der Waals surface area contributed by atoms with E-state index in [2.05, 4.69) is 11.4 Å². The molecular formula is C24H23ClN2O3S. The van der Waals surface area contributed by atoms with E-state index in [0.29, 0.717) is 16.3 Å². The lowest BCUT2D eigenvalue weighted by molar-refractivity contribution is 0.0932. The summed E-state index contributed by atoms with van der Waals surface area (Å²) in [5, 5.41) is 3.52. The first-order valence-electron chi connectivity index (χ1n) is 10.1. The number of halogens is 1. The molecule has 3 aromatic carbocycles. The minimum absolute atomic E-state index is 0.0478. The van der Waals surface area contributed by atoms with Crippen molar-refractivity contribution in [1.82, 2.24) is 5.32 Å². The Morgan fingerprint density at radius 2 is 1.81 bits per heavy atom. The molecular weight excluding hydrogens is 432 g/mol. The molecule has 3 aromatic rings. The highest BCUT2D eigenvalue weighted by Gasteiger charge is 2.25. The van der Waals surface area contributed by atoms with E-state index in [0.717, 1.165) is 29.1 Å². The highest BCUT2D eigenvalue weighted by Crippen LogP contribution is 2.30. The fraction of sp³-hybridized carbons (Fsp3) is 0.208. The molecule has 0 bridgehead atoms. The molecule has 0 aliphatic heterocycles. The summed E-state index contributed by atoms with van der Waals surface area (Å²) in [4.78, 5) is 13.0. The van der Waals surface area contributed by atoms with Crippen molar-refractivity contribution in [3.63, 3.8) is 0 Å². The second kappa shape index (κ2) is 8.73. The zero-order valence-corrected chi connectivity index (χ0v) is 18.7. The minimum atomic E-state index is -3.85. The lowest BCUT2D eigenvalue weighted by Gasteiger charge is -2.26. The molecule has 5 nitrogen and oxygen atoms in total. The number of fused-ring (bicyclic) bond motifs is 1. The fourth-order valence-corrected chi connectivity index (χ4v) is 5.33. The number of hydrogen-bond donors (Lipinski definition) is 1. The van der Waals surface area contributed by atoms with E-state index in [1.54, 1.807) is 36.4 Å². The molecule has 31 heavy (non-hydrogen) atoms. The third kappa shape index (κ3) is 4.45. The van der Waals surface area contributed by atoms with Crippen molar-refractivity contribution in [1.29, 1.82) is 0 Å². The topological polar surface area (TPSA) is 66.5 Å². The van der Waals surface area contributed by atoms with Gasteiger partial charge in [-0.25, -0.2) is 8.42 Å². The number of carbonyl (C=O) groups is 1. The average Bonchev–Trinajstić information content (AvgIpc) is 2.79. The van der Waals surface area contributed by atoms with Crippen molar-refractivity contribution in [2.45, 2.75) is 30.2 Å². The first-order valence-corrected chi connectivity index (χ1v) is 11.9. The largest absolute Gasteiger partial charge is 0.345 e. The van der Waals surface area contributed by atoms with E-state index < -0.39 is 10.0 Å². The summed E-state index contributed by atoms with van der Waals surface area (Å²) < 4.78 is 27.4. The van der Waals surface area contributed by atoms with Crippen LogP contribution in [0.1, 0.15) is 40.4 Å². The van der Waals surface area contributed by atoms with Gasteiger partial charge in [0.05, 0.1) is 16.6 Å².